The lowest BCUT2D eigenvalue weighted by Gasteiger charge is -2.14. The second-order valence-corrected chi connectivity index (χ2v) is 4.16. The van der Waals surface area contributed by atoms with Crippen molar-refractivity contribution >= 4 is 5.97 Å². The molecular weight excluding hydrogens is 283 g/mol. The fourth-order valence-electron chi connectivity index (χ4n) is 1.99. The minimum atomic E-state index is -1.25. The van der Waals surface area contributed by atoms with Crippen LogP contribution in [0, 0.1) is 5.82 Å². The Labute approximate surface area is 119 Å². The van der Waals surface area contributed by atoms with Crippen LogP contribution in [0.2, 0.25) is 0 Å². The summed E-state index contributed by atoms with van der Waals surface area (Å²) < 4.78 is 25.6. The molecule has 1 aromatic heterocycles. The van der Waals surface area contributed by atoms with E-state index in [1.165, 1.54) is 32.0 Å². The van der Waals surface area contributed by atoms with Crippen molar-refractivity contribution in [3.05, 3.63) is 23.6 Å². The summed E-state index contributed by atoms with van der Waals surface area (Å²) >= 11 is 0. The number of methoxy groups -OCH3 is 2. The number of hydrogen-bond donors (Lipinski definition) is 2. The number of nitrogens with zero attached hydrogens (tertiary/aromatic N) is 2. The molecule has 8 heteroatoms. The molecular formula is C13H13FN2O5. The number of aromatic nitrogens is 2. The molecule has 0 aliphatic carbocycles. The van der Waals surface area contributed by atoms with Gasteiger partial charge in [0.2, 0.25) is 0 Å². The van der Waals surface area contributed by atoms with Gasteiger partial charge < -0.3 is 19.7 Å². The van der Waals surface area contributed by atoms with Crippen LogP contribution in [0.3, 0.4) is 0 Å². The Bertz CT molecular complexity index is 711. The summed E-state index contributed by atoms with van der Waals surface area (Å²) in [7, 11) is 4.11. The molecule has 112 valence electrons. The molecule has 0 radical (unpaired) electrons. The van der Waals surface area contributed by atoms with Crippen molar-refractivity contribution in [3.8, 4) is 28.5 Å². The summed E-state index contributed by atoms with van der Waals surface area (Å²) in [4.78, 5) is 11.0. The first-order chi connectivity index (χ1) is 9.90. The summed E-state index contributed by atoms with van der Waals surface area (Å²) in [6.07, 6.45) is 0. The van der Waals surface area contributed by atoms with E-state index in [1.54, 1.807) is 0 Å². The van der Waals surface area contributed by atoms with Gasteiger partial charge in [-0.2, -0.15) is 5.10 Å². The predicted octanol–water partition coefficient (Wildman–Crippen LogP) is 1.65. The maximum Gasteiger partial charge on any atom is 0.356 e. The summed E-state index contributed by atoms with van der Waals surface area (Å²) in [6, 6.07) is 2.26. The minimum absolute atomic E-state index is 0.0349. The number of aromatic hydroxyl groups is 1. The topological polar surface area (TPSA) is 93.8 Å². The first kappa shape index (κ1) is 14.6. The van der Waals surface area contributed by atoms with Gasteiger partial charge in [0.05, 0.1) is 25.5 Å². The first-order valence-corrected chi connectivity index (χ1v) is 5.81. The van der Waals surface area contributed by atoms with Gasteiger partial charge in [-0.25, -0.2) is 9.18 Å². The molecule has 21 heavy (non-hydrogen) atoms. The Balaban J connectivity index is 2.79. The van der Waals surface area contributed by atoms with Crippen LogP contribution in [0.1, 0.15) is 10.5 Å². The van der Waals surface area contributed by atoms with Crippen molar-refractivity contribution in [1.29, 1.82) is 0 Å². The Morgan fingerprint density at radius 2 is 2.00 bits per heavy atom. The molecule has 1 aromatic carbocycles. The molecule has 1 heterocycles. The van der Waals surface area contributed by atoms with Gasteiger partial charge >= 0.3 is 5.97 Å². The van der Waals surface area contributed by atoms with Gasteiger partial charge in [-0.1, -0.05) is 0 Å². The van der Waals surface area contributed by atoms with Crippen molar-refractivity contribution in [3.63, 3.8) is 0 Å². The largest absolute Gasteiger partial charge is 0.505 e. The van der Waals surface area contributed by atoms with E-state index in [4.69, 9.17) is 14.6 Å². The van der Waals surface area contributed by atoms with Crippen LogP contribution in [-0.2, 0) is 7.05 Å². The van der Waals surface area contributed by atoms with Crippen molar-refractivity contribution in [2.75, 3.05) is 14.2 Å². The van der Waals surface area contributed by atoms with Crippen molar-refractivity contribution < 1.29 is 28.9 Å². The number of carbonyl (C=O) groups is 1. The standard InChI is InChI=1S/C13H13FN2O5/c1-16-7(4-6(15-16)13(18)19)10-11(14)8(17)5-9(20-2)12(10)21-3/h4-5,17H,1-3H3,(H,18,19). The number of hydrogen-bond acceptors (Lipinski definition) is 5. The third-order valence-electron chi connectivity index (χ3n) is 2.94. The van der Waals surface area contributed by atoms with Gasteiger partial charge in [0.15, 0.2) is 28.8 Å². The van der Waals surface area contributed by atoms with Gasteiger partial charge in [0.1, 0.15) is 0 Å². The van der Waals surface area contributed by atoms with E-state index < -0.39 is 17.5 Å². The van der Waals surface area contributed by atoms with Crippen molar-refractivity contribution in [1.82, 2.24) is 9.78 Å². The zero-order valence-electron chi connectivity index (χ0n) is 11.5. The molecule has 0 amide bonds. The molecule has 0 saturated carbocycles. The van der Waals surface area contributed by atoms with E-state index in [1.807, 2.05) is 0 Å². The van der Waals surface area contributed by atoms with E-state index >= 15 is 0 Å². The average Bonchev–Trinajstić information content (AvgIpc) is 2.83. The number of ether oxygens (including phenoxy) is 2. The van der Waals surface area contributed by atoms with Crippen LogP contribution in [0.25, 0.3) is 11.3 Å². The lowest BCUT2D eigenvalue weighted by Crippen LogP contribution is -2.01. The molecule has 0 fully saturated rings. The SMILES string of the molecule is COc1cc(O)c(F)c(-c2cc(C(=O)O)nn2C)c1OC. The Morgan fingerprint density at radius 1 is 1.33 bits per heavy atom. The van der Waals surface area contributed by atoms with E-state index in [2.05, 4.69) is 5.10 Å². The van der Waals surface area contributed by atoms with Gasteiger partial charge in [0.25, 0.3) is 0 Å². The zero-order valence-corrected chi connectivity index (χ0v) is 11.5. The van der Waals surface area contributed by atoms with E-state index in [0.717, 1.165) is 6.07 Å². The monoisotopic (exact) mass is 296 g/mol. The first-order valence-electron chi connectivity index (χ1n) is 5.81. The zero-order chi connectivity index (χ0) is 15.7. The quantitative estimate of drug-likeness (QED) is 0.891. The fraction of sp³-hybridized carbons (Fsp3) is 0.231. The third kappa shape index (κ3) is 2.35. The highest BCUT2D eigenvalue weighted by molar-refractivity contribution is 5.88. The van der Waals surface area contributed by atoms with Crippen molar-refractivity contribution in [2.45, 2.75) is 0 Å². The molecule has 0 spiro atoms. The lowest BCUT2D eigenvalue weighted by atomic mass is 10.1. The summed E-state index contributed by atoms with van der Waals surface area (Å²) in [6.45, 7) is 0. The van der Waals surface area contributed by atoms with Gasteiger partial charge in [0, 0.05) is 13.1 Å². The molecule has 0 unspecified atom stereocenters. The van der Waals surface area contributed by atoms with Crippen LogP contribution in [-0.4, -0.2) is 40.2 Å². The number of aromatic carboxylic acids is 1. The molecule has 2 rings (SSSR count). The smallest absolute Gasteiger partial charge is 0.356 e. The molecule has 2 N–H and O–H groups in total. The molecule has 7 nitrogen and oxygen atoms in total. The third-order valence-corrected chi connectivity index (χ3v) is 2.94. The summed E-state index contributed by atoms with van der Waals surface area (Å²) in [5.74, 6) is -2.69. The Kier molecular flexibility index (Phi) is 3.70. The lowest BCUT2D eigenvalue weighted by molar-refractivity contribution is 0.0689. The average molecular weight is 296 g/mol. The number of halogens is 1. The normalized spacial score (nSPS) is 10.5. The van der Waals surface area contributed by atoms with E-state index in [0.29, 0.717) is 0 Å². The number of carboxylic acids is 1. The molecule has 0 bridgehead atoms. The predicted molar refractivity (Wildman–Crippen MR) is 70.3 cm³/mol. The van der Waals surface area contributed by atoms with Crippen LogP contribution in [0.15, 0.2) is 12.1 Å². The van der Waals surface area contributed by atoms with Crippen LogP contribution < -0.4 is 9.47 Å². The number of phenols is 1. The molecule has 0 aliphatic rings. The second-order valence-electron chi connectivity index (χ2n) is 4.16. The van der Waals surface area contributed by atoms with Crippen LogP contribution >= 0.6 is 0 Å². The fourth-order valence-corrected chi connectivity index (χ4v) is 1.99. The Morgan fingerprint density at radius 3 is 2.48 bits per heavy atom. The molecule has 0 atom stereocenters. The highest BCUT2D eigenvalue weighted by Gasteiger charge is 2.25. The van der Waals surface area contributed by atoms with Crippen molar-refractivity contribution in [2.24, 2.45) is 7.05 Å². The molecule has 0 saturated heterocycles. The van der Waals surface area contributed by atoms with Crippen LogP contribution in [0.5, 0.6) is 17.2 Å². The molecule has 0 aliphatic heterocycles. The second kappa shape index (κ2) is 5.31. The van der Waals surface area contributed by atoms with Gasteiger partial charge in [-0.05, 0) is 6.07 Å². The van der Waals surface area contributed by atoms with E-state index in [9.17, 15) is 14.3 Å². The number of phenolic OH excluding ortho intramolecular Hbond substituents is 1. The van der Waals surface area contributed by atoms with Gasteiger partial charge in [-0.15, -0.1) is 0 Å². The number of rotatable bonds is 4. The van der Waals surface area contributed by atoms with E-state index in [-0.39, 0.29) is 28.5 Å². The summed E-state index contributed by atoms with van der Waals surface area (Å²) in [5.41, 5.74) is -0.246. The maximum absolute atomic E-state index is 14.3. The minimum Gasteiger partial charge on any atom is -0.505 e. The number of carboxylic acid groups (broad SMARTS) is 1. The van der Waals surface area contributed by atoms with Crippen LogP contribution in [0.4, 0.5) is 4.39 Å². The Hall–Kier alpha value is -2.77. The highest BCUT2D eigenvalue weighted by atomic mass is 19.1. The molecule has 2 aromatic rings. The number of benzene rings is 1. The maximum atomic E-state index is 14.3. The number of aryl methyl sites for hydroxylation is 1. The van der Waals surface area contributed by atoms with Gasteiger partial charge in [-0.3, -0.25) is 4.68 Å². The highest BCUT2D eigenvalue weighted by Crippen LogP contribution is 2.43. The summed E-state index contributed by atoms with van der Waals surface area (Å²) in [5, 5.41) is 22.4.